The zero-order valence-corrected chi connectivity index (χ0v) is 17.1. The molecule has 0 heterocycles. The molecule has 0 N–H and O–H groups in total. The number of hydrogen-bond donors (Lipinski definition) is 0. The highest BCUT2D eigenvalue weighted by Crippen LogP contribution is 2.34. The lowest BCUT2D eigenvalue weighted by atomic mass is 10.1. The van der Waals surface area contributed by atoms with Gasteiger partial charge in [-0.05, 0) is 54.8 Å². The maximum atomic E-state index is 5.86. The van der Waals surface area contributed by atoms with Crippen LogP contribution in [0.5, 0.6) is 5.75 Å². The van der Waals surface area contributed by atoms with Gasteiger partial charge in [0.15, 0.2) is 0 Å². The van der Waals surface area contributed by atoms with E-state index in [-0.39, 0.29) is 0 Å². The van der Waals surface area contributed by atoms with Crippen molar-refractivity contribution in [2.45, 2.75) is 4.90 Å². The summed E-state index contributed by atoms with van der Waals surface area (Å²) in [5.74, 6) is 0.896. The third-order valence-corrected chi connectivity index (χ3v) is 4.95. The van der Waals surface area contributed by atoms with E-state index in [0.29, 0.717) is 6.61 Å². The minimum atomic E-state index is 0.575. The highest BCUT2D eigenvalue weighted by molar-refractivity contribution is 9.10. The normalized spacial score (nSPS) is 11.2. The van der Waals surface area contributed by atoms with E-state index in [9.17, 15) is 0 Å². The molecular weight excluding hydrogens is 394 g/mol. The highest BCUT2D eigenvalue weighted by atomic mass is 79.9. The van der Waals surface area contributed by atoms with Gasteiger partial charge in [-0.25, -0.2) is 0 Å². The average molecular weight is 418 g/mol. The Hall–Kier alpha value is -1.49. The molecule has 0 aromatic heterocycles. The van der Waals surface area contributed by atoms with E-state index < -0.39 is 0 Å². The average Bonchev–Trinajstić information content (AvgIpc) is 2.61. The van der Waals surface area contributed by atoms with E-state index in [1.165, 1.54) is 16.0 Å². The first-order chi connectivity index (χ1) is 12.1. The first-order valence-electron chi connectivity index (χ1n) is 8.15. The van der Waals surface area contributed by atoms with Gasteiger partial charge in [0.1, 0.15) is 12.4 Å². The summed E-state index contributed by atoms with van der Waals surface area (Å²) < 4.78 is 6.94. The topological polar surface area (TPSA) is 12.5 Å². The molecule has 0 bridgehead atoms. The minimum absolute atomic E-state index is 0.575. The smallest absolute Gasteiger partial charge is 0.120 e. The van der Waals surface area contributed by atoms with Gasteiger partial charge < -0.3 is 4.74 Å². The molecule has 0 saturated carbocycles. The Morgan fingerprint density at radius 2 is 2.00 bits per heavy atom. The molecule has 0 aliphatic heterocycles. The molecule has 0 aliphatic carbocycles. The molecule has 0 atom stereocenters. The maximum absolute atomic E-state index is 5.86. The summed E-state index contributed by atoms with van der Waals surface area (Å²) in [7, 11) is 2.07. The van der Waals surface area contributed by atoms with Gasteiger partial charge in [-0.1, -0.05) is 46.3 Å². The third-order valence-electron chi connectivity index (χ3n) is 3.68. The van der Waals surface area contributed by atoms with E-state index in [1.807, 2.05) is 18.2 Å². The molecule has 0 amide bonds. The van der Waals surface area contributed by atoms with Crippen LogP contribution < -0.4 is 4.74 Å². The Labute approximate surface area is 163 Å². The SMILES string of the molecule is C=CCN(C)C/C=C/COc1ccc(-c2cccc(Br)c2)c(SC)c1. The van der Waals surface area contributed by atoms with E-state index in [0.717, 1.165) is 23.3 Å². The third kappa shape index (κ3) is 6.38. The maximum Gasteiger partial charge on any atom is 0.120 e. The summed E-state index contributed by atoms with van der Waals surface area (Å²) in [6.45, 7) is 6.10. The molecule has 0 aliphatic rings. The lowest BCUT2D eigenvalue weighted by molar-refractivity contribution is 0.359. The molecule has 4 heteroatoms. The fourth-order valence-electron chi connectivity index (χ4n) is 2.42. The fraction of sp³-hybridized carbons (Fsp3) is 0.238. The summed E-state index contributed by atoms with van der Waals surface area (Å²) in [6.07, 6.45) is 8.17. The molecule has 0 radical (unpaired) electrons. The van der Waals surface area contributed by atoms with Crippen molar-refractivity contribution in [1.29, 1.82) is 0 Å². The Bertz CT molecular complexity index is 730. The van der Waals surface area contributed by atoms with Crippen molar-refractivity contribution in [3.05, 3.63) is 71.7 Å². The minimum Gasteiger partial charge on any atom is -0.490 e. The quantitative estimate of drug-likeness (QED) is 0.372. The molecule has 2 aromatic carbocycles. The lowest BCUT2D eigenvalue weighted by Crippen LogP contribution is -2.17. The standard InChI is InChI=1S/C21H24BrNOS/c1-4-12-23(2)13-5-6-14-24-19-10-11-20(21(16-19)25-3)17-8-7-9-18(22)15-17/h4-11,15-16H,1,12-14H2,2-3H3/b6-5+. The second kappa shape index (κ2) is 10.5. The van der Waals surface area contributed by atoms with Crippen LogP contribution in [0.1, 0.15) is 0 Å². The molecule has 2 nitrogen and oxygen atoms in total. The van der Waals surface area contributed by atoms with Gasteiger partial charge in [0.2, 0.25) is 0 Å². The van der Waals surface area contributed by atoms with Crippen molar-refractivity contribution >= 4 is 27.7 Å². The van der Waals surface area contributed by atoms with Crippen molar-refractivity contribution in [2.24, 2.45) is 0 Å². The molecular formula is C21H24BrNOS. The molecule has 0 spiro atoms. The van der Waals surface area contributed by atoms with Gasteiger partial charge in [0, 0.05) is 22.5 Å². The Morgan fingerprint density at radius 1 is 1.16 bits per heavy atom. The monoisotopic (exact) mass is 417 g/mol. The number of hydrogen-bond acceptors (Lipinski definition) is 3. The van der Waals surface area contributed by atoms with Gasteiger partial charge in [0.25, 0.3) is 0 Å². The van der Waals surface area contributed by atoms with Gasteiger partial charge in [-0.3, -0.25) is 4.90 Å². The number of thioether (sulfide) groups is 1. The second-order valence-corrected chi connectivity index (χ2v) is 7.43. The lowest BCUT2D eigenvalue weighted by Gasteiger charge is -2.12. The fourth-order valence-corrected chi connectivity index (χ4v) is 3.46. The first-order valence-corrected chi connectivity index (χ1v) is 10.2. The van der Waals surface area contributed by atoms with Crippen molar-refractivity contribution in [1.82, 2.24) is 4.90 Å². The zero-order chi connectivity index (χ0) is 18.1. The summed E-state index contributed by atoms with van der Waals surface area (Å²) in [4.78, 5) is 3.40. The van der Waals surface area contributed by atoms with Gasteiger partial charge in [-0.15, -0.1) is 18.3 Å². The number of rotatable bonds is 9. The van der Waals surface area contributed by atoms with Crippen molar-refractivity contribution < 1.29 is 4.74 Å². The Kier molecular flexibility index (Phi) is 8.32. The number of halogens is 1. The molecule has 0 fully saturated rings. The van der Waals surface area contributed by atoms with Crippen LogP contribution in [0.2, 0.25) is 0 Å². The number of nitrogens with zero attached hydrogens (tertiary/aromatic N) is 1. The second-order valence-electron chi connectivity index (χ2n) is 5.66. The van der Waals surface area contributed by atoms with Crippen LogP contribution in [0.15, 0.2) is 76.6 Å². The number of benzene rings is 2. The first kappa shape index (κ1) is 19.8. The molecule has 25 heavy (non-hydrogen) atoms. The van der Waals surface area contributed by atoms with E-state index >= 15 is 0 Å². The van der Waals surface area contributed by atoms with Crippen LogP contribution in [0.3, 0.4) is 0 Å². The Balaban J connectivity index is 1.99. The van der Waals surface area contributed by atoms with Crippen molar-refractivity contribution in [3.8, 4) is 16.9 Å². The van der Waals surface area contributed by atoms with Gasteiger partial charge in [0.05, 0.1) is 0 Å². The molecule has 0 unspecified atom stereocenters. The van der Waals surface area contributed by atoms with Crippen LogP contribution in [0, 0.1) is 0 Å². The zero-order valence-electron chi connectivity index (χ0n) is 14.7. The molecule has 0 saturated heterocycles. The summed E-state index contributed by atoms with van der Waals surface area (Å²) in [5, 5.41) is 0. The van der Waals surface area contributed by atoms with Gasteiger partial charge in [-0.2, -0.15) is 0 Å². The summed E-state index contributed by atoms with van der Waals surface area (Å²) in [6, 6.07) is 14.6. The highest BCUT2D eigenvalue weighted by Gasteiger charge is 2.07. The van der Waals surface area contributed by atoms with Crippen LogP contribution in [-0.2, 0) is 0 Å². The number of ether oxygens (including phenoxy) is 1. The van der Waals surface area contributed by atoms with Crippen LogP contribution >= 0.6 is 27.7 Å². The molecule has 132 valence electrons. The van der Waals surface area contributed by atoms with E-state index in [4.69, 9.17) is 4.74 Å². The summed E-state index contributed by atoms with van der Waals surface area (Å²) >= 11 is 5.28. The van der Waals surface area contributed by atoms with E-state index in [2.05, 4.69) is 83.2 Å². The predicted molar refractivity (Wildman–Crippen MR) is 114 cm³/mol. The van der Waals surface area contributed by atoms with Crippen molar-refractivity contribution in [2.75, 3.05) is 33.0 Å². The van der Waals surface area contributed by atoms with Crippen LogP contribution in [0.4, 0.5) is 0 Å². The van der Waals surface area contributed by atoms with Crippen LogP contribution in [-0.4, -0.2) is 37.9 Å². The predicted octanol–water partition coefficient (Wildman–Crippen LogP) is 5.89. The number of likely N-dealkylation sites (N-methyl/N-ethyl adjacent to an activating group) is 1. The molecule has 2 rings (SSSR count). The van der Waals surface area contributed by atoms with Crippen LogP contribution in [0.25, 0.3) is 11.1 Å². The van der Waals surface area contributed by atoms with Crippen molar-refractivity contribution in [3.63, 3.8) is 0 Å². The summed E-state index contributed by atoms with van der Waals surface area (Å²) in [5.41, 5.74) is 2.43. The van der Waals surface area contributed by atoms with Gasteiger partial charge >= 0.3 is 0 Å². The molecule has 2 aromatic rings. The van der Waals surface area contributed by atoms with E-state index in [1.54, 1.807) is 11.8 Å². The Morgan fingerprint density at radius 3 is 2.72 bits per heavy atom. The largest absolute Gasteiger partial charge is 0.490 e.